The van der Waals surface area contributed by atoms with Gasteiger partial charge in [0.2, 0.25) is 10.0 Å². The summed E-state index contributed by atoms with van der Waals surface area (Å²) >= 11 is 0. The molecule has 1 heterocycles. The van der Waals surface area contributed by atoms with Gasteiger partial charge in [0.15, 0.2) is 6.10 Å². The zero-order chi connectivity index (χ0) is 20.5. The number of nitrogens with one attached hydrogen (secondary N) is 1. The molecule has 154 valence electrons. The molecule has 0 radical (unpaired) electrons. The summed E-state index contributed by atoms with van der Waals surface area (Å²) in [6.07, 6.45) is -0.172. The molecule has 1 N–H and O–H groups in total. The smallest absolute Gasteiger partial charge is 0.309 e. The largest absolute Gasteiger partial charge is 0.452 e. The summed E-state index contributed by atoms with van der Waals surface area (Å²) in [5.74, 6) is -0.692. The number of hydrogen-bond donors (Lipinski definition) is 1. The number of rotatable bonds is 6. The quantitative estimate of drug-likeness (QED) is 0.714. The number of nitrogens with zero attached hydrogens (tertiary/aromatic N) is 1. The van der Waals surface area contributed by atoms with Crippen LogP contribution in [0.15, 0.2) is 23.1 Å². The van der Waals surface area contributed by atoms with Crippen molar-refractivity contribution in [2.75, 3.05) is 31.6 Å². The van der Waals surface area contributed by atoms with Crippen molar-refractivity contribution in [1.29, 1.82) is 0 Å². The summed E-state index contributed by atoms with van der Waals surface area (Å²) in [5, 5.41) is 2.64. The zero-order valence-electron chi connectivity index (χ0n) is 16.3. The van der Waals surface area contributed by atoms with Gasteiger partial charge in [0.1, 0.15) is 0 Å². The highest BCUT2D eigenvalue weighted by Crippen LogP contribution is 2.38. The number of morpholine rings is 1. The van der Waals surface area contributed by atoms with E-state index in [4.69, 9.17) is 9.47 Å². The lowest BCUT2D eigenvalue weighted by Crippen LogP contribution is -2.40. The molecule has 0 spiro atoms. The second-order valence-corrected chi connectivity index (χ2v) is 9.29. The number of carbonyl (C=O) groups is 2. The van der Waals surface area contributed by atoms with Gasteiger partial charge in [-0.15, -0.1) is 0 Å². The zero-order valence-corrected chi connectivity index (χ0v) is 17.1. The first-order valence-corrected chi connectivity index (χ1v) is 10.8. The standard InChI is InChI=1S/C19H26N2O6S/c1-12-4-5-15(11-17(12)28(24,25)21-6-8-26-9-7-21)20-18(22)14(3)27-19(23)16-10-13(16)2/h4-5,11,13-14,16H,6-10H2,1-3H3,(H,20,22)/t13-,14-,16-/m0/s1. The van der Waals surface area contributed by atoms with E-state index in [2.05, 4.69) is 5.32 Å². The van der Waals surface area contributed by atoms with Crippen molar-refractivity contribution in [3.63, 3.8) is 0 Å². The predicted octanol–water partition coefficient (Wildman–Crippen LogP) is 1.54. The topological polar surface area (TPSA) is 102 Å². The van der Waals surface area contributed by atoms with Gasteiger partial charge >= 0.3 is 5.97 Å². The Labute approximate surface area is 165 Å². The van der Waals surface area contributed by atoms with Crippen LogP contribution in [0.1, 0.15) is 25.8 Å². The maximum Gasteiger partial charge on any atom is 0.309 e. The molecule has 1 aliphatic carbocycles. The van der Waals surface area contributed by atoms with Crippen LogP contribution in [-0.4, -0.2) is 57.0 Å². The number of carbonyl (C=O) groups excluding carboxylic acids is 2. The van der Waals surface area contributed by atoms with Crippen molar-refractivity contribution in [3.05, 3.63) is 23.8 Å². The summed E-state index contributed by atoms with van der Waals surface area (Å²) in [5.41, 5.74) is 0.928. The second kappa shape index (κ2) is 8.18. The molecule has 3 atom stereocenters. The highest BCUT2D eigenvalue weighted by atomic mass is 32.2. The van der Waals surface area contributed by atoms with Gasteiger partial charge in [0.05, 0.1) is 24.0 Å². The van der Waals surface area contributed by atoms with Gasteiger partial charge in [0, 0.05) is 18.8 Å². The second-order valence-electron chi connectivity index (χ2n) is 7.38. The van der Waals surface area contributed by atoms with Crippen molar-refractivity contribution in [2.45, 2.75) is 38.2 Å². The SMILES string of the molecule is Cc1ccc(NC(=O)[C@H](C)OC(=O)[C@H]2C[C@@H]2C)cc1S(=O)(=O)N1CCOCC1. The molecule has 28 heavy (non-hydrogen) atoms. The van der Waals surface area contributed by atoms with Gasteiger partial charge in [-0.3, -0.25) is 9.59 Å². The van der Waals surface area contributed by atoms with Gasteiger partial charge in [-0.05, 0) is 43.9 Å². The van der Waals surface area contributed by atoms with Crippen LogP contribution in [0.2, 0.25) is 0 Å². The Morgan fingerprint density at radius 2 is 1.93 bits per heavy atom. The molecule has 3 rings (SSSR count). The maximum absolute atomic E-state index is 12.9. The molecule has 1 saturated heterocycles. The Balaban J connectivity index is 1.70. The summed E-state index contributed by atoms with van der Waals surface area (Å²) < 4.78 is 37.7. The molecule has 0 bridgehead atoms. The van der Waals surface area contributed by atoms with E-state index < -0.39 is 22.0 Å². The molecular formula is C19H26N2O6S. The first-order chi connectivity index (χ1) is 13.2. The monoisotopic (exact) mass is 410 g/mol. The third-order valence-corrected chi connectivity index (χ3v) is 7.16. The minimum absolute atomic E-state index is 0.125. The molecule has 2 aliphatic rings. The number of esters is 1. The highest BCUT2D eigenvalue weighted by molar-refractivity contribution is 7.89. The van der Waals surface area contributed by atoms with Gasteiger partial charge in [-0.1, -0.05) is 13.0 Å². The Hall–Kier alpha value is -1.97. The Morgan fingerprint density at radius 1 is 1.29 bits per heavy atom. The van der Waals surface area contributed by atoms with Crippen LogP contribution >= 0.6 is 0 Å². The third-order valence-electron chi connectivity index (χ3n) is 5.12. The highest BCUT2D eigenvalue weighted by Gasteiger charge is 2.41. The van der Waals surface area contributed by atoms with Crippen molar-refractivity contribution in [1.82, 2.24) is 4.31 Å². The number of aryl methyl sites for hydroxylation is 1. The van der Waals surface area contributed by atoms with Gasteiger partial charge in [-0.25, -0.2) is 8.42 Å². The van der Waals surface area contributed by atoms with Crippen molar-refractivity contribution in [2.24, 2.45) is 11.8 Å². The van der Waals surface area contributed by atoms with Crippen molar-refractivity contribution in [3.8, 4) is 0 Å². The Bertz CT molecular complexity index is 863. The van der Waals surface area contributed by atoms with Crippen molar-refractivity contribution < 1.29 is 27.5 Å². The van der Waals surface area contributed by atoms with E-state index in [-0.39, 0.29) is 16.8 Å². The third kappa shape index (κ3) is 4.53. The number of anilines is 1. The average molecular weight is 410 g/mol. The van der Waals surface area contributed by atoms with Crippen LogP contribution < -0.4 is 5.32 Å². The fourth-order valence-corrected chi connectivity index (χ4v) is 4.75. The summed E-state index contributed by atoms with van der Waals surface area (Å²) in [6, 6.07) is 4.71. The minimum Gasteiger partial charge on any atom is -0.452 e. The first-order valence-electron chi connectivity index (χ1n) is 9.40. The molecule has 9 heteroatoms. The van der Waals surface area contributed by atoms with Crippen LogP contribution in [0.4, 0.5) is 5.69 Å². The lowest BCUT2D eigenvalue weighted by molar-refractivity contribution is -0.154. The average Bonchev–Trinajstić information content (AvgIpc) is 3.40. The normalized spacial score (nSPS) is 23.7. The number of sulfonamides is 1. The Kier molecular flexibility index (Phi) is 6.07. The van der Waals surface area contributed by atoms with Crippen LogP contribution in [0.3, 0.4) is 0 Å². The van der Waals surface area contributed by atoms with E-state index in [0.29, 0.717) is 43.5 Å². The minimum atomic E-state index is -3.68. The van der Waals surface area contributed by atoms with E-state index in [1.165, 1.54) is 17.3 Å². The fraction of sp³-hybridized carbons (Fsp3) is 0.579. The van der Waals surface area contributed by atoms with E-state index >= 15 is 0 Å². The molecule has 2 fully saturated rings. The molecular weight excluding hydrogens is 384 g/mol. The fourth-order valence-electron chi connectivity index (χ4n) is 3.09. The lowest BCUT2D eigenvalue weighted by atomic mass is 10.2. The van der Waals surface area contributed by atoms with E-state index in [9.17, 15) is 18.0 Å². The van der Waals surface area contributed by atoms with E-state index in [1.807, 2.05) is 6.92 Å². The van der Waals surface area contributed by atoms with Gasteiger partial charge in [0.25, 0.3) is 5.91 Å². The van der Waals surface area contributed by atoms with Crippen LogP contribution in [0, 0.1) is 18.8 Å². The summed E-state index contributed by atoms with van der Waals surface area (Å²) in [7, 11) is -3.68. The van der Waals surface area contributed by atoms with E-state index in [1.54, 1.807) is 19.1 Å². The number of ether oxygens (including phenoxy) is 2. The number of hydrogen-bond acceptors (Lipinski definition) is 6. The molecule has 1 aromatic rings. The van der Waals surface area contributed by atoms with Crippen LogP contribution in [0.5, 0.6) is 0 Å². The molecule has 8 nitrogen and oxygen atoms in total. The predicted molar refractivity (Wildman–Crippen MR) is 102 cm³/mol. The summed E-state index contributed by atoms with van der Waals surface area (Å²) in [4.78, 5) is 24.4. The Morgan fingerprint density at radius 3 is 2.54 bits per heavy atom. The first kappa shape index (κ1) is 20.8. The molecule has 0 unspecified atom stereocenters. The van der Waals surface area contributed by atoms with Crippen LogP contribution in [0.25, 0.3) is 0 Å². The molecule has 1 saturated carbocycles. The van der Waals surface area contributed by atoms with Crippen molar-refractivity contribution >= 4 is 27.6 Å². The number of benzene rings is 1. The maximum atomic E-state index is 12.9. The lowest BCUT2D eigenvalue weighted by Gasteiger charge is -2.27. The molecule has 1 aliphatic heterocycles. The van der Waals surface area contributed by atoms with Gasteiger partial charge in [-0.2, -0.15) is 4.31 Å². The van der Waals surface area contributed by atoms with E-state index in [0.717, 1.165) is 6.42 Å². The number of amides is 1. The molecule has 1 amide bonds. The van der Waals surface area contributed by atoms with Gasteiger partial charge < -0.3 is 14.8 Å². The molecule has 1 aromatic carbocycles. The molecule has 0 aromatic heterocycles. The van der Waals surface area contributed by atoms with Crippen LogP contribution in [-0.2, 0) is 29.1 Å². The summed E-state index contributed by atoms with van der Waals surface area (Å²) in [6.45, 7) is 6.48.